The third-order valence-corrected chi connectivity index (χ3v) is 6.19. The number of likely N-dealkylation sites (tertiary alicyclic amines) is 1. The minimum atomic E-state index is -0.812. The summed E-state index contributed by atoms with van der Waals surface area (Å²) in [7, 11) is 1.53. The van der Waals surface area contributed by atoms with Crippen LogP contribution in [-0.4, -0.2) is 46.9 Å². The lowest BCUT2D eigenvalue weighted by molar-refractivity contribution is -0.695. The van der Waals surface area contributed by atoms with Crippen LogP contribution in [0.15, 0.2) is 66.8 Å². The Morgan fingerprint density at radius 2 is 2.00 bits per heavy atom. The van der Waals surface area contributed by atoms with E-state index in [0.29, 0.717) is 53.8 Å². The number of imidazole rings is 1. The highest BCUT2D eigenvalue weighted by molar-refractivity contribution is 6.46. The number of Topliss-reactive ketones (excluding diaryl/α,β-unsaturated/α-hetero) is 1. The van der Waals surface area contributed by atoms with Gasteiger partial charge in [0.15, 0.2) is 0 Å². The number of aromatic nitrogens is 2. The third-order valence-electron chi connectivity index (χ3n) is 5.90. The minimum absolute atomic E-state index is 0.00553. The van der Waals surface area contributed by atoms with Gasteiger partial charge in [-0.3, -0.25) is 14.6 Å². The number of nitrogens with one attached hydrogen (secondary N) is 1. The lowest BCUT2D eigenvalue weighted by Gasteiger charge is -2.26. The number of aliphatic hydroxyl groups is 1. The van der Waals surface area contributed by atoms with E-state index in [-0.39, 0.29) is 11.3 Å². The number of para-hydroxylation sites is 1. The fourth-order valence-electron chi connectivity index (χ4n) is 4.29. The maximum absolute atomic E-state index is 13.2. The van der Waals surface area contributed by atoms with E-state index in [1.165, 1.54) is 18.1 Å². The SMILES string of the molecule is CCOc1ccc(C(O)=C2C(=O)C(=O)N(CCC[n+]3cc[nH]c3)C2c2ccccc2OC)cc1Cl. The van der Waals surface area contributed by atoms with Crippen molar-refractivity contribution < 1.29 is 28.7 Å². The molecule has 0 aliphatic carbocycles. The first-order chi connectivity index (χ1) is 17.0. The van der Waals surface area contributed by atoms with Crippen molar-refractivity contribution in [3.05, 3.63) is 82.9 Å². The molecule has 1 saturated heterocycles. The zero-order valence-corrected chi connectivity index (χ0v) is 20.3. The number of H-pyrrole nitrogens is 1. The first-order valence-corrected chi connectivity index (χ1v) is 11.7. The summed E-state index contributed by atoms with van der Waals surface area (Å²) in [5.74, 6) is -0.738. The quantitative estimate of drug-likeness (QED) is 0.203. The molecule has 1 aromatic heterocycles. The number of hydrogen-bond donors (Lipinski definition) is 2. The molecule has 4 rings (SSSR count). The highest BCUT2D eigenvalue weighted by atomic mass is 35.5. The number of carbonyl (C=O) groups is 2. The van der Waals surface area contributed by atoms with E-state index in [9.17, 15) is 14.7 Å². The number of ether oxygens (including phenoxy) is 2. The van der Waals surface area contributed by atoms with E-state index in [0.717, 1.165) is 0 Å². The summed E-state index contributed by atoms with van der Waals surface area (Å²) in [6.07, 6.45) is 6.13. The van der Waals surface area contributed by atoms with Gasteiger partial charge in [-0.25, -0.2) is 4.57 Å². The molecule has 1 unspecified atom stereocenters. The van der Waals surface area contributed by atoms with Crippen molar-refractivity contribution in [3.8, 4) is 11.5 Å². The summed E-state index contributed by atoms with van der Waals surface area (Å²) in [4.78, 5) is 30.9. The average Bonchev–Trinajstić information content (AvgIpc) is 3.47. The molecule has 9 heteroatoms. The number of benzene rings is 2. The van der Waals surface area contributed by atoms with Crippen LogP contribution in [0.25, 0.3) is 5.76 Å². The summed E-state index contributed by atoms with van der Waals surface area (Å²) in [6, 6.07) is 11.1. The molecular formula is C26H27ClN3O5+. The van der Waals surface area contributed by atoms with E-state index >= 15 is 0 Å². The van der Waals surface area contributed by atoms with Gasteiger partial charge < -0.3 is 19.5 Å². The Labute approximate surface area is 208 Å². The van der Waals surface area contributed by atoms with Gasteiger partial charge in [-0.1, -0.05) is 29.8 Å². The van der Waals surface area contributed by atoms with Gasteiger partial charge in [0.1, 0.15) is 29.7 Å². The predicted molar refractivity (Wildman–Crippen MR) is 130 cm³/mol. The molecule has 1 amide bonds. The third kappa shape index (κ3) is 4.88. The number of rotatable bonds is 9. The number of amides is 1. The van der Waals surface area contributed by atoms with Crippen LogP contribution in [-0.2, 0) is 16.1 Å². The van der Waals surface area contributed by atoms with Gasteiger partial charge >= 0.3 is 0 Å². The molecule has 1 fully saturated rings. The molecule has 3 aromatic rings. The van der Waals surface area contributed by atoms with Crippen LogP contribution in [0.5, 0.6) is 11.5 Å². The fraction of sp³-hybridized carbons (Fsp3) is 0.269. The topological polar surface area (TPSA) is 95.7 Å². The molecule has 0 radical (unpaired) electrons. The van der Waals surface area contributed by atoms with E-state index < -0.39 is 17.7 Å². The number of carbonyl (C=O) groups excluding carboxylic acids is 2. The Hall–Kier alpha value is -3.78. The van der Waals surface area contributed by atoms with Crippen molar-refractivity contribution in [2.24, 2.45) is 0 Å². The van der Waals surface area contributed by atoms with Crippen LogP contribution < -0.4 is 14.0 Å². The number of halogens is 1. The smallest absolute Gasteiger partial charge is 0.295 e. The fourth-order valence-corrected chi connectivity index (χ4v) is 4.52. The molecule has 2 aromatic carbocycles. The highest BCUT2D eigenvalue weighted by Crippen LogP contribution is 2.43. The van der Waals surface area contributed by atoms with Gasteiger partial charge in [0, 0.05) is 24.1 Å². The number of aromatic amines is 1. The van der Waals surface area contributed by atoms with E-state index in [1.54, 1.807) is 30.3 Å². The van der Waals surface area contributed by atoms with Crippen molar-refractivity contribution in [2.45, 2.75) is 25.9 Å². The van der Waals surface area contributed by atoms with Crippen LogP contribution in [0.1, 0.15) is 30.5 Å². The standard InChI is InChI=1S/C26H26ClN3O5/c1-3-35-21-10-9-17(15-19(21)27)24(31)22-23(18-7-4-5-8-20(18)34-2)30(26(33)25(22)32)13-6-12-29-14-11-28-16-29/h4-5,7-11,14-16,23H,3,6,12-13H2,1-2H3,(H,31,32)/p+1. The maximum Gasteiger partial charge on any atom is 0.295 e. The zero-order chi connectivity index (χ0) is 24.9. The predicted octanol–water partition coefficient (Wildman–Crippen LogP) is 3.87. The second-order valence-corrected chi connectivity index (χ2v) is 8.42. The van der Waals surface area contributed by atoms with Gasteiger partial charge in [0.2, 0.25) is 6.33 Å². The maximum atomic E-state index is 13.2. The minimum Gasteiger partial charge on any atom is -0.507 e. The highest BCUT2D eigenvalue weighted by Gasteiger charge is 2.46. The van der Waals surface area contributed by atoms with Gasteiger partial charge in [-0.2, -0.15) is 0 Å². The molecule has 1 aliphatic heterocycles. The number of nitrogens with zero attached hydrogens (tertiary/aromatic N) is 2. The number of hydrogen-bond acceptors (Lipinski definition) is 5. The van der Waals surface area contributed by atoms with Crippen molar-refractivity contribution in [1.29, 1.82) is 0 Å². The molecule has 0 spiro atoms. The van der Waals surface area contributed by atoms with Gasteiger partial charge in [0.05, 0.1) is 36.9 Å². The summed E-state index contributed by atoms with van der Waals surface area (Å²) >= 11 is 6.33. The van der Waals surface area contributed by atoms with Gasteiger partial charge in [-0.15, -0.1) is 0 Å². The Morgan fingerprint density at radius 3 is 2.69 bits per heavy atom. The summed E-state index contributed by atoms with van der Waals surface area (Å²) in [6.45, 7) is 3.24. The molecule has 0 saturated carbocycles. The lowest BCUT2D eigenvalue weighted by Crippen LogP contribution is -2.36. The van der Waals surface area contributed by atoms with Crippen LogP contribution in [0, 0.1) is 0 Å². The molecule has 2 N–H and O–H groups in total. The Balaban J connectivity index is 1.77. The molecular weight excluding hydrogens is 470 g/mol. The molecule has 1 atom stereocenters. The lowest BCUT2D eigenvalue weighted by atomic mass is 9.94. The summed E-state index contributed by atoms with van der Waals surface area (Å²) in [5, 5.41) is 11.6. The first kappa shape index (κ1) is 24.3. The molecule has 182 valence electrons. The van der Waals surface area contributed by atoms with Crippen LogP contribution in [0.3, 0.4) is 0 Å². The number of aryl methyl sites for hydroxylation is 1. The van der Waals surface area contributed by atoms with Crippen molar-refractivity contribution in [1.82, 2.24) is 9.88 Å². The van der Waals surface area contributed by atoms with Gasteiger partial charge in [-0.05, 0) is 31.2 Å². The molecule has 1 aliphatic rings. The molecule has 2 heterocycles. The zero-order valence-electron chi connectivity index (χ0n) is 19.5. The van der Waals surface area contributed by atoms with Crippen molar-refractivity contribution in [3.63, 3.8) is 0 Å². The Bertz CT molecular complexity index is 1260. The number of ketones is 1. The molecule has 8 nitrogen and oxygen atoms in total. The average molecular weight is 497 g/mol. The summed E-state index contributed by atoms with van der Waals surface area (Å²) in [5.41, 5.74) is 0.926. The number of methoxy groups -OCH3 is 1. The summed E-state index contributed by atoms with van der Waals surface area (Å²) < 4.78 is 13.0. The van der Waals surface area contributed by atoms with Gasteiger partial charge in [0.25, 0.3) is 11.7 Å². The Kier molecular flexibility index (Phi) is 7.41. The van der Waals surface area contributed by atoms with E-state index in [4.69, 9.17) is 21.1 Å². The first-order valence-electron chi connectivity index (χ1n) is 11.3. The molecule has 35 heavy (non-hydrogen) atoms. The van der Waals surface area contributed by atoms with Crippen LogP contribution >= 0.6 is 11.6 Å². The second kappa shape index (κ2) is 10.7. The second-order valence-electron chi connectivity index (χ2n) is 8.02. The number of aliphatic hydroxyl groups excluding tert-OH is 1. The largest absolute Gasteiger partial charge is 0.507 e. The van der Waals surface area contributed by atoms with Crippen molar-refractivity contribution in [2.75, 3.05) is 20.3 Å². The monoisotopic (exact) mass is 496 g/mol. The van der Waals surface area contributed by atoms with E-state index in [2.05, 4.69) is 4.98 Å². The normalized spacial score (nSPS) is 17.1. The Morgan fingerprint density at radius 1 is 1.20 bits per heavy atom. The van der Waals surface area contributed by atoms with Crippen LogP contribution in [0.4, 0.5) is 0 Å². The molecule has 0 bridgehead atoms. The van der Waals surface area contributed by atoms with E-state index in [1.807, 2.05) is 36.3 Å². The van der Waals surface area contributed by atoms with Crippen molar-refractivity contribution >= 4 is 29.1 Å². The van der Waals surface area contributed by atoms with Crippen LogP contribution in [0.2, 0.25) is 5.02 Å².